The summed E-state index contributed by atoms with van der Waals surface area (Å²) in [5.41, 5.74) is 2.85. The average molecular weight is 247 g/mol. The Morgan fingerprint density at radius 1 is 1.53 bits per heavy atom. The first kappa shape index (κ1) is 10.7. The molecule has 1 aromatic carbocycles. The van der Waals surface area contributed by atoms with E-state index in [1.807, 2.05) is 25.1 Å². The normalized spacial score (nSPS) is 20.5. The number of thiol groups is 1. The average Bonchev–Trinajstić information content (AvgIpc) is 2.82. The van der Waals surface area contributed by atoms with Gasteiger partial charge in [-0.05, 0) is 25.1 Å². The Morgan fingerprint density at radius 2 is 2.35 bits per heavy atom. The number of aromatic nitrogens is 2. The first-order valence-electron chi connectivity index (χ1n) is 5.58. The summed E-state index contributed by atoms with van der Waals surface area (Å²) in [6.07, 6.45) is 0.515. The van der Waals surface area contributed by atoms with Gasteiger partial charge in [0.2, 0.25) is 5.91 Å². The lowest BCUT2D eigenvalue weighted by atomic mass is 10.2. The number of carbonyl (C=O) groups excluding carboxylic acids is 1. The lowest BCUT2D eigenvalue weighted by Gasteiger charge is -2.15. The molecular weight excluding hydrogens is 234 g/mol. The number of aromatic amines is 1. The fourth-order valence-electron chi connectivity index (χ4n) is 2.24. The molecule has 5 heteroatoms. The third-order valence-corrected chi connectivity index (χ3v) is 3.49. The van der Waals surface area contributed by atoms with Crippen molar-refractivity contribution in [1.29, 1.82) is 0 Å². The van der Waals surface area contributed by atoms with Crippen molar-refractivity contribution in [3.8, 4) is 0 Å². The molecule has 2 aromatic rings. The minimum Gasteiger partial charge on any atom is -0.311 e. The fraction of sp³-hybridized carbons (Fsp3) is 0.333. The summed E-state index contributed by atoms with van der Waals surface area (Å²) in [6.45, 7) is 2.66. The summed E-state index contributed by atoms with van der Waals surface area (Å²) in [6, 6.07) is 5.92. The molecule has 0 bridgehead atoms. The van der Waals surface area contributed by atoms with Crippen LogP contribution in [0.2, 0.25) is 0 Å². The molecular formula is C12H13N3OS. The maximum Gasteiger partial charge on any atom is 0.228 e. The number of hydrogen-bond donors (Lipinski definition) is 2. The Morgan fingerprint density at radius 3 is 3.06 bits per heavy atom. The summed E-state index contributed by atoms with van der Waals surface area (Å²) >= 11 is 4.35. The van der Waals surface area contributed by atoms with Gasteiger partial charge in [-0.2, -0.15) is 17.7 Å². The van der Waals surface area contributed by atoms with Gasteiger partial charge in [-0.15, -0.1) is 0 Å². The van der Waals surface area contributed by atoms with Crippen LogP contribution in [0.4, 0.5) is 5.69 Å². The van der Waals surface area contributed by atoms with Gasteiger partial charge in [-0.3, -0.25) is 9.89 Å². The first-order chi connectivity index (χ1) is 8.15. The molecule has 3 rings (SSSR count). The summed E-state index contributed by atoms with van der Waals surface area (Å²) < 4.78 is 0. The molecule has 88 valence electrons. The van der Waals surface area contributed by atoms with E-state index in [0.29, 0.717) is 13.0 Å². The number of fused-ring (bicyclic) bond motifs is 1. The second-order valence-electron chi connectivity index (χ2n) is 4.41. The summed E-state index contributed by atoms with van der Waals surface area (Å²) in [7, 11) is 0. The van der Waals surface area contributed by atoms with Crippen LogP contribution in [-0.2, 0) is 4.79 Å². The Balaban J connectivity index is 2.03. The van der Waals surface area contributed by atoms with E-state index in [9.17, 15) is 4.79 Å². The van der Waals surface area contributed by atoms with E-state index in [1.165, 1.54) is 0 Å². The maximum atomic E-state index is 11.8. The number of benzene rings is 1. The molecule has 0 radical (unpaired) electrons. The highest BCUT2D eigenvalue weighted by Gasteiger charge is 2.28. The highest BCUT2D eigenvalue weighted by molar-refractivity contribution is 7.81. The minimum atomic E-state index is 0.136. The van der Waals surface area contributed by atoms with Crippen molar-refractivity contribution in [2.45, 2.75) is 18.6 Å². The molecule has 17 heavy (non-hydrogen) atoms. The molecule has 0 saturated carbocycles. The standard InChI is InChI=1S/C12H13N3OS/c1-7-10-3-2-8(4-11(10)14-13-7)15-6-9(17)5-12(15)16/h2-4,9,17H,5-6H2,1H3,(H,13,14). The molecule has 2 heterocycles. The van der Waals surface area contributed by atoms with Gasteiger partial charge in [-0.1, -0.05) is 0 Å². The number of rotatable bonds is 1. The Hall–Kier alpha value is -1.49. The van der Waals surface area contributed by atoms with Crippen LogP contribution in [-0.4, -0.2) is 27.9 Å². The molecule has 1 N–H and O–H groups in total. The minimum absolute atomic E-state index is 0.136. The third kappa shape index (κ3) is 1.70. The molecule has 1 aliphatic rings. The second kappa shape index (κ2) is 3.77. The highest BCUT2D eigenvalue weighted by atomic mass is 32.1. The number of H-pyrrole nitrogens is 1. The third-order valence-electron chi connectivity index (χ3n) is 3.15. The molecule has 1 unspecified atom stereocenters. The highest BCUT2D eigenvalue weighted by Crippen LogP contribution is 2.27. The molecule has 1 amide bonds. The van der Waals surface area contributed by atoms with Crippen LogP contribution in [0.25, 0.3) is 10.9 Å². The monoisotopic (exact) mass is 247 g/mol. The van der Waals surface area contributed by atoms with Crippen LogP contribution >= 0.6 is 12.6 Å². The predicted molar refractivity (Wildman–Crippen MR) is 70.6 cm³/mol. The van der Waals surface area contributed by atoms with Gasteiger partial charge in [-0.25, -0.2) is 0 Å². The molecule has 1 aliphatic heterocycles. The van der Waals surface area contributed by atoms with E-state index in [-0.39, 0.29) is 11.2 Å². The molecule has 1 aromatic heterocycles. The van der Waals surface area contributed by atoms with Crippen molar-refractivity contribution in [2.24, 2.45) is 0 Å². The Kier molecular flexibility index (Phi) is 2.36. The van der Waals surface area contributed by atoms with Crippen LogP contribution in [0.1, 0.15) is 12.1 Å². The van der Waals surface area contributed by atoms with Gasteiger partial charge < -0.3 is 4.90 Å². The Bertz CT molecular complexity index is 592. The number of amides is 1. The van der Waals surface area contributed by atoms with E-state index < -0.39 is 0 Å². The van der Waals surface area contributed by atoms with Crippen molar-refractivity contribution >= 4 is 35.1 Å². The van der Waals surface area contributed by atoms with Crippen LogP contribution in [0.15, 0.2) is 18.2 Å². The number of carbonyl (C=O) groups is 1. The summed E-state index contributed by atoms with van der Waals surface area (Å²) in [5.74, 6) is 0.136. The van der Waals surface area contributed by atoms with Crippen molar-refractivity contribution in [3.63, 3.8) is 0 Å². The molecule has 0 spiro atoms. The molecule has 4 nitrogen and oxygen atoms in total. The smallest absolute Gasteiger partial charge is 0.228 e. The van der Waals surface area contributed by atoms with Crippen LogP contribution in [0.5, 0.6) is 0 Å². The number of anilines is 1. The molecule has 1 saturated heterocycles. The van der Waals surface area contributed by atoms with Gasteiger partial charge in [0.05, 0.1) is 5.52 Å². The van der Waals surface area contributed by atoms with Gasteiger partial charge in [0.1, 0.15) is 0 Å². The largest absolute Gasteiger partial charge is 0.311 e. The van der Waals surface area contributed by atoms with Gasteiger partial charge in [0, 0.05) is 35.0 Å². The summed E-state index contributed by atoms with van der Waals surface area (Å²) in [4.78, 5) is 13.6. The van der Waals surface area contributed by atoms with E-state index in [1.54, 1.807) is 4.90 Å². The quantitative estimate of drug-likeness (QED) is 0.756. The van der Waals surface area contributed by atoms with E-state index in [4.69, 9.17) is 0 Å². The van der Waals surface area contributed by atoms with E-state index >= 15 is 0 Å². The van der Waals surface area contributed by atoms with Crippen LogP contribution in [0, 0.1) is 6.92 Å². The number of nitrogens with zero attached hydrogens (tertiary/aromatic N) is 2. The van der Waals surface area contributed by atoms with Crippen molar-refractivity contribution in [3.05, 3.63) is 23.9 Å². The molecule has 1 fully saturated rings. The van der Waals surface area contributed by atoms with E-state index in [0.717, 1.165) is 22.3 Å². The SMILES string of the molecule is Cc1[nH]nc2cc(N3CC(S)CC3=O)ccc12. The summed E-state index contributed by atoms with van der Waals surface area (Å²) in [5, 5.41) is 8.40. The molecule has 0 aliphatic carbocycles. The predicted octanol–water partition coefficient (Wildman–Crippen LogP) is 1.91. The lowest BCUT2D eigenvalue weighted by molar-refractivity contribution is -0.117. The number of nitrogens with one attached hydrogen (secondary N) is 1. The lowest BCUT2D eigenvalue weighted by Crippen LogP contribution is -2.24. The zero-order chi connectivity index (χ0) is 12.0. The van der Waals surface area contributed by atoms with Gasteiger partial charge in [0.25, 0.3) is 0 Å². The first-order valence-corrected chi connectivity index (χ1v) is 6.10. The van der Waals surface area contributed by atoms with Crippen molar-refractivity contribution in [1.82, 2.24) is 10.2 Å². The van der Waals surface area contributed by atoms with Crippen LogP contribution < -0.4 is 4.90 Å². The van der Waals surface area contributed by atoms with Crippen molar-refractivity contribution < 1.29 is 4.79 Å². The topological polar surface area (TPSA) is 49.0 Å². The van der Waals surface area contributed by atoms with Crippen molar-refractivity contribution in [2.75, 3.05) is 11.4 Å². The number of aryl methyl sites for hydroxylation is 1. The molecule has 1 atom stereocenters. The van der Waals surface area contributed by atoms with Gasteiger partial charge >= 0.3 is 0 Å². The van der Waals surface area contributed by atoms with Gasteiger partial charge in [0.15, 0.2) is 0 Å². The second-order valence-corrected chi connectivity index (χ2v) is 5.14. The zero-order valence-corrected chi connectivity index (χ0v) is 10.4. The maximum absolute atomic E-state index is 11.8. The van der Waals surface area contributed by atoms with Crippen LogP contribution in [0.3, 0.4) is 0 Å². The van der Waals surface area contributed by atoms with E-state index in [2.05, 4.69) is 22.8 Å². The fourth-order valence-corrected chi connectivity index (χ4v) is 2.56. The number of hydrogen-bond acceptors (Lipinski definition) is 3. The zero-order valence-electron chi connectivity index (χ0n) is 9.47. The Labute approximate surface area is 104 Å².